The molecule has 0 unspecified atom stereocenters. The molecule has 2 N–H and O–H groups in total. The molecule has 150 valence electrons. The number of ether oxygens (including phenoxy) is 1. The Bertz CT molecular complexity index is 959. The van der Waals surface area contributed by atoms with Gasteiger partial charge in [0.05, 0.1) is 11.3 Å². The maximum Gasteiger partial charge on any atom is 0.342 e. The molecule has 10 heteroatoms. The third-order valence-electron chi connectivity index (χ3n) is 3.83. The number of nitrogens with one attached hydrogen (secondary N) is 2. The molecule has 1 heterocycles. The Morgan fingerprint density at radius 1 is 1.07 bits per heavy atom. The first-order valence-corrected chi connectivity index (χ1v) is 8.87. The minimum Gasteiger partial charge on any atom is -0.449 e. The average molecular weight is 414 g/mol. The van der Waals surface area contributed by atoms with Crippen LogP contribution in [0, 0.1) is 31.3 Å². The van der Waals surface area contributed by atoms with E-state index < -0.39 is 41.1 Å². The standard InChI is InChI=1S/C18H17F3N2O4S/c1-7-9(3)28-17(22-10(4)24)13(7)18(26)27-8(2)16(25)23-12-6-5-11(19)14(20)15(12)21/h5-6,8H,1-4H3,(H,22,24)(H,23,25)/t8-/m0/s1. The fourth-order valence-electron chi connectivity index (χ4n) is 2.25. The van der Waals surface area contributed by atoms with Crippen molar-refractivity contribution in [1.29, 1.82) is 0 Å². The molecule has 2 amide bonds. The normalized spacial score (nSPS) is 11.7. The summed E-state index contributed by atoms with van der Waals surface area (Å²) in [7, 11) is 0. The summed E-state index contributed by atoms with van der Waals surface area (Å²) in [4.78, 5) is 36.7. The molecule has 0 aliphatic rings. The van der Waals surface area contributed by atoms with Crippen molar-refractivity contribution in [3.8, 4) is 0 Å². The van der Waals surface area contributed by atoms with E-state index in [-0.39, 0.29) is 16.5 Å². The number of halogens is 3. The van der Waals surface area contributed by atoms with Crippen LogP contribution in [0.2, 0.25) is 0 Å². The van der Waals surface area contributed by atoms with Gasteiger partial charge in [-0.25, -0.2) is 18.0 Å². The van der Waals surface area contributed by atoms with E-state index in [1.807, 2.05) is 5.32 Å². The molecule has 0 saturated carbocycles. The molecule has 0 saturated heterocycles. The van der Waals surface area contributed by atoms with Crippen molar-refractivity contribution in [2.75, 3.05) is 10.6 Å². The maximum atomic E-state index is 13.7. The number of amides is 2. The molecular formula is C18H17F3N2O4S. The van der Waals surface area contributed by atoms with Crippen LogP contribution in [0.1, 0.15) is 34.6 Å². The SMILES string of the molecule is CC(=O)Nc1sc(C)c(C)c1C(=O)O[C@@H](C)C(=O)Nc1ccc(F)c(F)c1F. The summed E-state index contributed by atoms with van der Waals surface area (Å²) in [6.07, 6.45) is -1.37. The van der Waals surface area contributed by atoms with E-state index in [2.05, 4.69) is 5.32 Å². The fourth-order valence-corrected chi connectivity index (χ4v) is 3.35. The highest BCUT2D eigenvalue weighted by atomic mass is 32.1. The predicted octanol–water partition coefficient (Wildman–Crippen LogP) is 3.92. The van der Waals surface area contributed by atoms with Gasteiger partial charge in [0.15, 0.2) is 23.6 Å². The van der Waals surface area contributed by atoms with E-state index in [0.29, 0.717) is 11.6 Å². The lowest BCUT2D eigenvalue weighted by atomic mass is 10.1. The fraction of sp³-hybridized carbons (Fsp3) is 0.278. The number of hydrogen-bond acceptors (Lipinski definition) is 5. The van der Waals surface area contributed by atoms with Crippen molar-refractivity contribution in [2.45, 2.75) is 33.8 Å². The van der Waals surface area contributed by atoms with Crippen molar-refractivity contribution in [1.82, 2.24) is 0 Å². The molecule has 2 aromatic rings. The molecule has 0 fully saturated rings. The molecular weight excluding hydrogens is 397 g/mol. The molecule has 1 atom stereocenters. The molecule has 0 aliphatic heterocycles. The van der Waals surface area contributed by atoms with Crippen LogP contribution in [0.25, 0.3) is 0 Å². The van der Waals surface area contributed by atoms with Gasteiger partial charge in [-0.2, -0.15) is 0 Å². The number of hydrogen-bond donors (Lipinski definition) is 2. The van der Waals surface area contributed by atoms with Crippen LogP contribution in [0.3, 0.4) is 0 Å². The van der Waals surface area contributed by atoms with E-state index in [0.717, 1.165) is 10.9 Å². The van der Waals surface area contributed by atoms with E-state index in [1.54, 1.807) is 13.8 Å². The van der Waals surface area contributed by atoms with Crippen LogP contribution in [0.15, 0.2) is 12.1 Å². The minimum absolute atomic E-state index is 0.108. The second-order valence-electron chi connectivity index (χ2n) is 5.93. The van der Waals surface area contributed by atoms with E-state index in [1.165, 1.54) is 25.2 Å². The van der Waals surface area contributed by atoms with Gasteiger partial charge in [-0.05, 0) is 38.5 Å². The van der Waals surface area contributed by atoms with Gasteiger partial charge in [0.1, 0.15) is 5.00 Å². The highest BCUT2D eigenvalue weighted by molar-refractivity contribution is 7.16. The highest BCUT2D eigenvalue weighted by Gasteiger charge is 2.26. The maximum absolute atomic E-state index is 13.7. The van der Waals surface area contributed by atoms with Crippen LogP contribution in [0.4, 0.5) is 23.9 Å². The minimum atomic E-state index is -1.73. The van der Waals surface area contributed by atoms with Gasteiger partial charge in [0.2, 0.25) is 5.91 Å². The monoisotopic (exact) mass is 414 g/mol. The Kier molecular flexibility index (Phi) is 6.45. The van der Waals surface area contributed by atoms with E-state index in [4.69, 9.17) is 4.74 Å². The highest BCUT2D eigenvalue weighted by Crippen LogP contribution is 2.33. The van der Waals surface area contributed by atoms with Crippen LogP contribution in [0.5, 0.6) is 0 Å². The van der Waals surface area contributed by atoms with Gasteiger partial charge in [-0.1, -0.05) is 0 Å². The molecule has 2 rings (SSSR count). The van der Waals surface area contributed by atoms with Gasteiger partial charge in [-0.15, -0.1) is 11.3 Å². The Morgan fingerprint density at radius 2 is 1.71 bits per heavy atom. The third-order valence-corrected chi connectivity index (χ3v) is 4.95. The van der Waals surface area contributed by atoms with E-state index in [9.17, 15) is 27.6 Å². The second kappa shape index (κ2) is 8.42. The summed E-state index contributed by atoms with van der Waals surface area (Å²) < 4.78 is 45.0. The molecule has 1 aromatic carbocycles. The molecule has 6 nitrogen and oxygen atoms in total. The van der Waals surface area contributed by atoms with Crippen LogP contribution < -0.4 is 10.6 Å². The smallest absolute Gasteiger partial charge is 0.342 e. The van der Waals surface area contributed by atoms with Gasteiger partial charge in [0.25, 0.3) is 5.91 Å². The third kappa shape index (κ3) is 4.50. The first-order chi connectivity index (χ1) is 13.0. The summed E-state index contributed by atoms with van der Waals surface area (Å²) in [6.45, 7) is 5.93. The summed E-state index contributed by atoms with van der Waals surface area (Å²) in [5.41, 5.74) is 0.0997. The Hall–Kier alpha value is -2.88. The van der Waals surface area contributed by atoms with Gasteiger partial charge < -0.3 is 15.4 Å². The molecule has 1 aromatic heterocycles. The zero-order valence-electron chi connectivity index (χ0n) is 15.4. The zero-order valence-corrected chi connectivity index (χ0v) is 16.2. The number of anilines is 2. The number of esters is 1. The Labute approximate surface area is 162 Å². The molecule has 0 aliphatic carbocycles. The lowest BCUT2D eigenvalue weighted by Gasteiger charge is -2.15. The second-order valence-corrected chi connectivity index (χ2v) is 7.15. The van der Waals surface area contributed by atoms with Gasteiger partial charge in [0, 0.05) is 11.8 Å². The van der Waals surface area contributed by atoms with E-state index >= 15 is 0 Å². The summed E-state index contributed by atoms with van der Waals surface area (Å²) in [5.74, 6) is -6.88. The summed E-state index contributed by atoms with van der Waals surface area (Å²) >= 11 is 1.18. The Balaban J connectivity index is 2.16. The lowest BCUT2D eigenvalue weighted by Crippen LogP contribution is -2.30. The first kappa shape index (κ1) is 21.4. The lowest BCUT2D eigenvalue weighted by molar-refractivity contribution is -0.123. The molecule has 0 spiro atoms. The quantitative estimate of drug-likeness (QED) is 0.574. The topological polar surface area (TPSA) is 84.5 Å². The van der Waals surface area contributed by atoms with Crippen LogP contribution in [-0.4, -0.2) is 23.9 Å². The predicted molar refractivity (Wildman–Crippen MR) is 97.9 cm³/mol. The van der Waals surface area contributed by atoms with Crippen LogP contribution in [-0.2, 0) is 14.3 Å². The largest absolute Gasteiger partial charge is 0.449 e. The van der Waals surface area contributed by atoms with Crippen molar-refractivity contribution in [3.05, 3.63) is 45.6 Å². The average Bonchev–Trinajstić information content (AvgIpc) is 2.88. The number of thiophene rings is 1. The molecule has 28 heavy (non-hydrogen) atoms. The number of carbonyl (C=O) groups is 3. The molecule has 0 bridgehead atoms. The molecule has 0 radical (unpaired) electrons. The number of benzene rings is 1. The number of carbonyl (C=O) groups excluding carboxylic acids is 3. The van der Waals surface area contributed by atoms with Gasteiger partial charge >= 0.3 is 5.97 Å². The van der Waals surface area contributed by atoms with Crippen molar-refractivity contribution in [2.24, 2.45) is 0 Å². The number of aryl methyl sites for hydroxylation is 1. The first-order valence-electron chi connectivity index (χ1n) is 8.05. The van der Waals surface area contributed by atoms with Crippen molar-refractivity contribution < 1.29 is 32.3 Å². The van der Waals surface area contributed by atoms with Crippen LogP contribution >= 0.6 is 11.3 Å². The summed E-state index contributed by atoms with van der Waals surface area (Å²) in [6, 6.07) is 1.50. The van der Waals surface area contributed by atoms with Gasteiger partial charge in [-0.3, -0.25) is 9.59 Å². The number of rotatable bonds is 5. The van der Waals surface area contributed by atoms with Crippen molar-refractivity contribution in [3.63, 3.8) is 0 Å². The summed E-state index contributed by atoms with van der Waals surface area (Å²) in [5, 5.41) is 4.85. The van der Waals surface area contributed by atoms with Crippen molar-refractivity contribution >= 4 is 39.8 Å². The zero-order chi connectivity index (χ0) is 21.2. The Morgan fingerprint density at radius 3 is 2.32 bits per heavy atom.